The molecular formula is C16H17ClSi. The zero-order valence-electron chi connectivity index (χ0n) is 10.8. The van der Waals surface area contributed by atoms with E-state index in [0.717, 1.165) is 16.7 Å². The Labute approximate surface area is 115 Å². The fourth-order valence-electron chi connectivity index (χ4n) is 1.87. The van der Waals surface area contributed by atoms with Crippen LogP contribution >= 0.6 is 11.1 Å². The summed E-state index contributed by atoms with van der Waals surface area (Å²) < 4.78 is 0. The lowest BCUT2D eigenvalue weighted by Crippen LogP contribution is -2.34. The molecule has 18 heavy (non-hydrogen) atoms. The second-order valence-corrected chi connectivity index (χ2v) is 11.3. The van der Waals surface area contributed by atoms with Gasteiger partial charge in [-0.2, -0.15) is 11.1 Å². The number of hydrogen-bond acceptors (Lipinski definition) is 0. The van der Waals surface area contributed by atoms with Crippen LogP contribution in [-0.4, -0.2) is 7.38 Å². The molecule has 0 aromatic heterocycles. The molecule has 0 nitrogen and oxygen atoms in total. The minimum Gasteiger partial charge on any atom is -0.162 e. The zero-order chi connectivity index (χ0) is 13.2. The maximum Gasteiger partial charge on any atom is 0.180 e. The van der Waals surface area contributed by atoms with Gasteiger partial charge < -0.3 is 0 Å². The molecule has 0 saturated carbocycles. The van der Waals surface area contributed by atoms with Crippen molar-refractivity contribution in [3.63, 3.8) is 0 Å². The molecule has 0 atom stereocenters. The summed E-state index contributed by atoms with van der Waals surface area (Å²) in [6.07, 6.45) is 0. The third-order valence-corrected chi connectivity index (χ3v) is 5.40. The minimum absolute atomic E-state index is 1.05. The van der Waals surface area contributed by atoms with Crippen molar-refractivity contribution in [1.82, 2.24) is 0 Å². The van der Waals surface area contributed by atoms with E-state index in [4.69, 9.17) is 11.1 Å². The van der Waals surface area contributed by atoms with Gasteiger partial charge in [-0.05, 0) is 21.9 Å². The van der Waals surface area contributed by atoms with Crippen molar-refractivity contribution in [3.8, 4) is 0 Å². The van der Waals surface area contributed by atoms with Crippen LogP contribution in [0.4, 0.5) is 0 Å². The zero-order valence-corrected chi connectivity index (χ0v) is 12.5. The fourth-order valence-corrected chi connectivity index (χ4v) is 3.21. The van der Waals surface area contributed by atoms with Crippen molar-refractivity contribution in [2.75, 3.05) is 0 Å². The van der Waals surface area contributed by atoms with E-state index < -0.39 is 7.38 Å². The Morgan fingerprint density at radius 3 is 1.89 bits per heavy atom. The van der Waals surface area contributed by atoms with Gasteiger partial charge in [0.15, 0.2) is 7.38 Å². The van der Waals surface area contributed by atoms with Gasteiger partial charge in [-0.25, -0.2) is 0 Å². The van der Waals surface area contributed by atoms with E-state index in [9.17, 15) is 0 Å². The molecule has 0 saturated heterocycles. The predicted octanol–water partition coefficient (Wildman–Crippen LogP) is 4.40. The van der Waals surface area contributed by atoms with Gasteiger partial charge in [0.1, 0.15) is 0 Å². The SMILES string of the molecule is C=C(c1ccccc1)c1ccc([Si](C)(C)Cl)cc1. The summed E-state index contributed by atoms with van der Waals surface area (Å²) in [6.45, 7) is 8.43. The first-order valence-electron chi connectivity index (χ1n) is 6.02. The third-order valence-electron chi connectivity index (χ3n) is 3.04. The smallest absolute Gasteiger partial charge is 0.162 e. The Bertz CT molecular complexity index is 536. The van der Waals surface area contributed by atoms with Crippen LogP contribution in [0.2, 0.25) is 13.1 Å². The molecule has 92 valence electrons. The average Bonchev–Trinajstić information content (AvgIpc) is 2.38. The maximum atomic E-state index is 6.42. The van der Waals surface area contributed by atoms with Gasteiger partial charge in [0.05, 0.1) is 0 Å². The molecule has 0 fully saturated rings. The van der Waals surface area contributed by atoms with E-state index in [1.165, 1.54) is 5.19 Å². The first-order valence-corrected chi connectivity index (χ1v) is 10.0. The second-order valence-electron chi connectivity index (χ2n) is 4.89. The van der Waals surface area contributed by atoms with Gasteiger partial charge in [0.2, 0.25) is 0 Å². The standard InChI is InChI=1S/C16H17ClSi/c1-13(14-7-5-4-6-8-14)15-9-11-16(12-10-15)18(2,3)17/h4-12H,1H2,2-3H3. The topological polar surface area (TPSA) is 0 Å². The molecule has 0 heterocycles. The van der Waals surface area contributed by atoms with Crippen molar-refractivity contribution < 1.29 is 0 Å². The summed E-state index contributed by atoms with van der Waals surface area (Å²) in [7, 11) is -1.73. The molecule has 0 aliphatic heterocycles. The third kappa shape index (κ3) is 2.92. The Morgan fingerprint density at radius 2 is 1.39 bits per heavy atom. The summed E-state index contributed by atoms with van der Waals surface area (Å²) in [5, 5.41) is 1.26. The van der Waals surface area contributed by atoms with Crippen LogP contribution in [0.3, 0.4) is 0 Å². The molecule has 0 amide bonds. The Hall–Kier alpha value is -1.31. The van der Waals surface area contributed by atoms with Crippen LogP contribution in [0.1, 0.15) is 11.1 Å². The van der Waals surface area contributed by atoms with Crippen LogP contribution in [-0.2, 0) is 0 Å². The van der Waals surface area contributed by atoms with Crippen molar-refractivity contribution in [2.24, 2.45) is 0 Å². The van der Waals surface area contributed by atoms with Crippen LogP contribution < -0.4 is 5.19 Å². The molecule has 0 radical (unpaired) electrons. The second kappa shape index (κ2) is 5.13. The summed E-state index contributed by atoms with van der Waals surface area (Å²) >= 11 is 6.42. The Kier molecular flexibility index (Phi) is 3.74. The minimum atomic E-state index is -1.73. The molecule has 0 N–H and O–H groups in total. The lowest BCUT2D eigenvalue weighted by Gasteiger charge is -2.14. The Morgan fingerprint density at radius 1 is 0.889 bits per heavy atom. The highest BCUT2D eigenvalue weighted by Gasteiger charge is 2.19. The van der Waals surface area contributed by atoms with Crippen LogP contribution in [0.15, 0.2) is 61.2 Å². The van der Waals surface area contributed by atoms with E-state index in [-0.39, 0.29) is 0 Å². The molecular weight excluding hydrogens is 256 g/mol. The first kappa shape index (κ1) is 13.1. The molecule has 0 spiro atoms. The fraction of sp³-hybridized carbons (Fsp3) is 0.125. The summed E-state index contributed by atoms with van der Waals surface area (Å²) in [5.41, 5.74) is 3.36. The van der Waals surface area contributed by atoms with E-state index in [0.29, 0.717) is 0 Å². The van der Waals surface area contributed by atoms with E-state index >= 15 is 0 Å². The number of hydrogen-bond donors (Lipinski definition) is 0. The normalized spacial score (nSPS) is 11.3. The summed E-state index contributed by atoms with van der Waals surface area (Å²) in [6, 6.07) is 18.7. The molecule has 2 heteroatoms. The average molecular weight is 273 g/mol. The summed E-state index contributed by atoms with van der Waals surface area (Å²) in [4.78, 5) is 0. The molecule has 0 aliphatic rings. The molecule has 0 unspecified atom stereocenters. The van der Waals surface area contributed by atoms with Gasteiger partial charge in [-0.1, -0.05) is 74.3 Å². The van der Waals surface area contributed by atoms with E-state index in [1.54, 1.807) is 0 Å². The van der Waals surface area contributed by atoms with Crippen LogP contribution in [0.25, 0.3) is 5.57 Å². The quantitative estimate of drug-likeness (QED) is 0.574. The van der Waals surface area contributed by atoms with Gasteiger partial charge in [0, 0.05) is 0 Å². The van der Waals surface area contributed by atoms with Gasteiger partial charge >= 0.3 is 0 Å². The van der Waals surface area contributed by atoms with Crippen molar-refractivity contribution in [2.45, 2.75) is 13.1 Å². The summed E-state index contributed by atoms with van der Waals surface area (Å²) in [5.74, 6) is 0. The lowest BCUT2D eigenvalue weighted by molar-refractivity contribution is 1.56. The van der Waals surface area contributed by atoms with Crippen LogP contribution in [0.5, 0.6) is 0 Å². The maximum absolute atomic E-state index is 6.42. The highest BCUT2D eigenvalue weighted by atomic mass is 35.6. The number of benzene rings is 2. The molecule has 2 aromatic rings. The van der Waals surface area contributed by atoms with Crippen molar-refractivity contribution in [3.05, 3.63) is 72.3 Å². The van der Waals surface area contributed by atoms with Crippen molar-refractivity contribution in [1.29, 1.82) is 0 Å². The molecule has 0 bridgehead atoms. The van der Waals surface area contributed by atoms with E-state index in [1.807, 2.05) is 18.2 Å². The molecule has 0 aliphatic carbocycles. The number of rotatable bonds is 3. The van der Waals surface area contributed by atoms with Gasteiger partial charge in [-0.15, -0.1) is 0 Å². The number of halogens is 1. The monoisotopic (exact) mass is 272 g/mol. The molecule has 2 rings (SSSR count). The highest BCUT2D eigenvalue weighted by molar-refractivity contribution is 7.26. The Balaban J connectivity index is 2.28. The highest BCUT2D eigenvalue weighted by Crippen LogP contribution is 2.21. The predicted molar refractivity (Wildman–Crippen MR) is 84.0 cm³/mol. The van der Waals surface area contributed by atoms with Crippen molar-refractivity contribution >= 4 is 29.2 Å². The lowest BCUT2D eigenvalue weighted by atomic mass is 10.00. The molecule has 2 aromatic carbocycles. The van der Waals surface area contributed by atoms with E-state index in [2.05, 4.69) is 56.1 Å². The van der Waals surface area contributed by atoms with Gasteiger partial charge in [0.25, 0.3) is 0 Å². The van der Waals surface area contributed by atoms with Gasteiger partial charge in [-0.3, -0.25) is 0 Å². The largest absolute Gasteiger partial charge is 0.180 e. The van der Waals surface area contributed by atoms with Crippen LogP contribution in [0, 0.1) is 0 Å². The first-order chi connectivity index (χ1) is 8.48.